The van der Waals surface area contributed by atoms with Crippen molar-refractivity contribution in [3.8, 4) is 0 Å². The Morgan fingerprint density at radius 2 is 1.45 bits per heavy atom. The molecule has 3 nitrogen and oxygen atoms in total. The second-order valence-electron chi connectivity index (χ2n) is 5.85. The molecule has 1 rings (SSSR count). The van der Waals surface area contributed by atoms with Gasteiger partial charge in [0.25, 0.3) is 0 Å². The predicted molar refractivity (Wildman–Crippen MR) is 89.9 cm³/mol. The van der Waals surface area contributed by atoms with Crippen LogP contribution in [0.1, 0.15) is 69.4 Å². The monoisotopic (exact) mass is 306 g/mol. The van der Waals surface area contributed by atoms with Gasteiger partial charge in [0.1, 0.15) is 6.61 Å². The summed E-state index contributed by atoms with van der Waals surface area (Å²) in [6.45, 7) is 5.00. The molecule has 1 aromatic carbocycles. The van der Waals surface area contributed by atoms with Crippen LogP contribution < -0.4 is 0 Å². The Bertz CT molecular complexity index is 398. The van der Waals surface area contributed by atoms with E-state index in [9.17, 15) is 4.79 Å². The molecule has 0 amide bonds. The highest BCUT2D eigenvalue weighted by atomic mass is 16.7. The van der Waals surface area contributed by atoms with E-state index < -0.39 is 6.16 Å². The molecule has 0 aliphatic heterocycles. The normalized spacial score (nSPS) is 10.5. The molecule has 0 N–H and O–H groups in total. The maximum absolute atomic E-state index is 11.4. The average molecular weight is 306 g/mol. The fourth-order valence-electron chi connectivity index (χ4n) is 2.26. The quantitative estimate of drug-likeness (QED) is 0.383. The zero-order chi connectivity index (χ0) is 16.0. The smallest absolute Gasteiger partial charge is 0.434 e. The van der Waals surface area contributed by atoms with Crippen LogP contribution in [0.4, 0.5) is 4.79 Å². The molecular weight excluding hydrogens is 276 g/mol. The molecule has 0 aliphatic rings. The van der Waals surface area contributed by atoms with Crippen molar-refractivity contribution in [2.24, 2.45) is 0 Å². The molecule has 0 spiro atoms. The van der Waals surface area contributed by atoms with Crippen molar-refractivity contribution in [1.82, 2.24) is 0 Å². The number of unbranched alkanes of at least 4 members (excludes halogenated alkanes) is 7. The second kappa shape index (κ2) is 12.1. The molecule has 0 aliphatic carbocycles. The lowest BCUT2D eigenvalue weighted by Crippen LogP contribution is -2.08. The van der Waals surface area contributed by atoms with Crippen molar-refractivity contribution in [3.05, 3.63) is 35.4 Å². The van der Waals surface area contributed by atoms with Crippen LogP contribution in [0.3, 0.4) is 0 Å². The third-order valence-corrected chi connectivity index (χ3v) is 3.70. The van der Waals surface area contributed by atoms with Crippen LogP contribution in [0.2, 0.25) is 0 Å². The predicted octanol–water partition coefficient (Wildman–Crippen LogP) is 5.79. The molecule has 0 saturated carbocycles. The van der Waals surface area contributed by atoms with Gasteiger partial charge in [-0.1, -0.05) is 81.7 Å². The van der Waals surface area contributed by atoms with Crippen LogP contribution in [0.15, 0.2) is 24.3 Å². The number of hydrogen-bond donors (Lipinski definition) is 0. The van der Waals surface area contributed by atoms with Crippen molar-refractivity contribution in [2.75, 3.05) is 6.61 Å². The van der Waals surface area contributed by atoms with Crippen molar-refractivity contribution in [3.63, 3.8) is 0 Å². The van der Waals surface area contributed by atoms with Gasteiger partial charge in [-0.2, -0.15) is 0 Å². The molecule has 22 heavy (non-hydrogen) atoms. The molecule has 0 saturated heterocycles. The highest BCUT2D eigenvalue weighted by Gasteiger charge is 2.04. The molecular formula is C19H30O3. The molecule has 0 radical (unpaired) electrons. The van der Waals surface area contributed by atoms with Gasteiger partial charge in [-0.05, 0) is 18.9 Å². The van der Waals surface area contributed by atoms with Crippen molar-refractivity contribution in [2.45, 2.75) is 71.8 Å². The van der Waals surface area contributed by atoms with Gasteiger partial charge in [0.05, 0.1) is 6.61 Å². The Morgan fingerprint density at radius 3 is 2.09 bits per heavy atom. The summed E-state index contributed by atoms with van der Waals surface area (Å²) in [7, 11) is 0. The molecule has 0 fully saturated rings. The van der Waals surface area contributed by atoms with E-state index in [1.807, 2.05) is 31.2 Å². The Morgan fingerprint density at radius 1 is 0.864 bits per heavy atom. The minimum Gasteiger partial charge on any atom is -0.434 e. The zero-order valence-corrected chi connectivity index (χ0v) is 14.1. The van der Waals surface area contributed by atoms with Gasteiger partial charge in [0, 0.05) is 0 Å². The Kier molecular flexibility index (Phi) is 10.2. The number of ether oxygens (including phenoxy) is 2. The minimum absolute atomic E-state index is 0.274. The molecule has 0 atom stereocenters. The lowest BCUT2D eigenvalue weighted by molar-refractivity contribution is 0.0487. The van der Waals surface area contributed by atoms with E-state index in [4.69, 9.17) is 9.47 Å². The average Bonchev–Trinajstić information content (AvgIpc) is 2.53. The first kappa shape index (κ1) is 18.5. The van der Waals surface area contributed by atoms with E-state index in [1.165, 1.54) is 44.1 Å². The number of benzene rings is 1. The zero-order valence-electron chi connectivity index (χ0n) is 14.1. The van der Waals surface area contributed by atoms with Crippen LogP contribution in [-0.4, -0.2) is 12.8 Å². The summed E-state index contributed by atoms with van der Waals surface area (Å²) in [6.07, 6.45) is 9.30. The van der Waals surface area contributed by atoms with Gasteiger partial charge >= 0.3 is 6.16 Å². The summed E-state index contributed by atoms with van der Waals surface area (Å²) in [5.74, 6) is 0. The van der Waals surface area contributed by atoms with Crippen molar-refractivity contribution >= 4 is 6.16 Å². The van der Waals surface area contributed by atoms with Crippen molar-refractivity contribution < 1.29 is 14.3 Å². The fourth-order valence-corrected chi connectivity index (χ4v) is 2.26. The summed E-state index contributed by atoms with van der Waals surface area (Å²) >= 11 is 0. The topological polar surface area (TPSA) is 35.5 Å². The fraction of sp³-hybridized carbons (Fsp3) is 0.632. The summed E-state index contributed by atoms with van der Waals surface area (Å²) in [5.41, 5.74) is 2.18. The molecule has 3 heteroatoms. The summed E-state index contributed by atoms with van der Waals surface area (Å²) in [4.78, 5) is 11.4. The second-order valence-corrected chi connectivity index (χ2v) is 5.85. The Labute approximate surface area is 135 Å². The minimum atomic E-state index is -0.566. The molecule has 0 bridgehead atoms. The Hall–Kier alpha value is -1.51. The Balaban J connectivity index is 1.94. The molecule has 0 heterocycles. The van der Waals surface area contributed by atoms with E-state index in [2.05, 4.69) is 6.92 Å². The van der Waals surface area contributed by atoms with Crippen LogP contribution >= 0.6 is 0 Å². The maximum atomic E-state index is 11.4. The van der Waals surface area contributed by atoms with Gasteiger partial charge in [0.2, 0.25) is 0 Å². The number of hydrogen-bond acceptors (Lipinski definition) is 3. The highest BCUT2D eigenvalue weighted by molar-refractivity contribution is 5.59. The first-order valence-corrected chi connectivity index (χ1v) is 8.57. The van der Waals surface area contributed by atoms with Gasteiger partial charge in [0.15, 0.2) is 0 Å². The summed E-state index contributed by atoms with van der Waals surface area (Å²) < 4.78 is 10.2. The number of aryl methyl sites for hydroxylation is 1. The molecule has 1 aromatic rings. The molecule has 0 aromatic heterocycles. The summed E-state index contributed by atoms with van der Waals surface area (Å²) in [5, 5.41) is 0. The van der Waals surface area contributed by atoms with E-state index in [-0.39, 0.29) is 6.61 Å². The number of carbonyl (C=O) groups is 1. The third kappa shape index (κ3) is 9.43. The van der Waals surface area contributed by atoms with Gasteiger partial charge in [-0.25, -0.2) is 4.79 Å². The maximum Gasteiger partial charge on any atom is 0.508 e. The van der Waals surface area contributed by atoms with E-state index in [1.54, 1.807) is 0 Å². The summed E-state index contributed by atoms with van der Waals surface area (Å²) in [6, 6.07) is 7.93. The first-order valence-electron chi connectivity index (χ1n) is 8.57. The van der Waals surface area contributed by atoms with Gasteiger partial charge in [-0.15, -0.1) is 0 Å². The number of carbonyl (C=O) groups excluding carboxylic acids is 1. The standard InChI is InChI=1S/C19H30O3/c1-3-4-5-6-7-8-9-10-15-21-19(20)22-16-18-13-11-17(2)12-14-18/h11-14H,3-10,15-16H2,1-2H3. The largest absolute Gasteiger partial charge is 0.508 e. The van der Waals surface area contributed by atoms with E-state index in [0.717, 1.165) is 18.4 Å². The van der Waals surface area contributed by atoms with Crippen LogP contribution in [-0.2, 0) is 16.1 Å². The van der Waals surface area contributed by atoms with Crippen LogP contribution in [0.5, 0.6) is 0 Å². The van der Waals surface area contributed by atoms with Crippen LogP contribution in [0, 0.1) is 6.92 Å². The van der Waals surface area contributed by atoms with Crippen LogP contribution in [0.25, 0.3) is 0 Å². The van der Waals surface area contributed by atoms with E-state index >= 15 is 0 Å². The molecule has 124 valence electrons. The number of rotatable bonds is 11. The van der Waals surface area contributed by atoms with Crippen molar-refractivity contribution in [1.29, 1.82) is 0 Å². The third-order valence-electron chi connectivity index (χ3n) is 3.70. The van der Waals surface area contributed by atoms with Gasteiger partial charge in [-0.3, -0.25) is 0 Å². The molecule has 0 unspecified atom stereocenters. The van der Waals surface area contributed by atoms with Gasteiger partial charge < -0.3 is 9.47 Å². The lowest BCUT2D eigenvalue weighted by atomic mass is 10.1. The lowest BCUT2D eigenvalue weighted by Gasteiger charge is -2.06. The SMILES string of the molecule is CCCCCCCCCCOC(=O)OCc1ccc(C)cc1. The first-order chi connectivity index (χ1) is 10.7. The van der Waals surface area contributed by atoms with E-state index in [0.29, 0.717) is 6.61 Å². The highest BCUT2D eigenvalue weighted by Crippen LogP contribution is 2.09.